The molecule has 3 aromatic carbocycles. The fraction of sp³-hybridized carbons (Fsp3) is 0. The minimum atomic E-state index is -0.975. The number of hydrogen-bond acceptors (Lipinski definition) is 2. The summed E-state index contributed by atoms with van der Waals surface area (Å²) >= 11 is 0. The molecule has 3 nitrogen and oxygen atoms in total. The molecule has 3 rings (SSSR count). The number of carboxylic acid groups (broad SMARTS) is 1. The molecular weight excluding hydrogens is 286 g/mol. The molecule has 0 aromatic heterocycles. The standard InChI is InChI=1S/C20H15NO2/c22-20(23)18-8-4-5-9-19(18)21-14-15-10-12-17(13-11-15)16-6-2-1-3-7-16/h1-14H,(H,22,23)/b21-14+. The van der Waals surface area contributed by atoms with Gasteiger partial charge in [-0.15, -0.1) is 0 Å². The number of aromatic carboxylic acids is 1. The van der Waals surface area contributed by atoms with Crippen molar-refractivity contribution in [2.45, 2.75) is 0 Å². The molecule has 1 N–H and O–H groups in total. The normalized spacial score (nSPS) is 10.8. The molecule has 0 spiro atoms. The Kier molecular flexibility index (Phi) is 4.29. The average molecular weight is 301 g/mol. The second-order valence-electron chi connectivity index (χ2n) is 5.07. The van der Waals surface area contributed by atoms with Crippen LogP contribution in [0.5, 0.6) is 0 Å². The molecule has 0 aliphatic carbocycles. The third-order valence-electron chi connectivity index (χ3n) is 3.50. The molecule has 0 saturated heterocycles. The van der Waals surface area contributed by atoms with Crippen LogP contribution in [0.25, 0.3) is 11.1 Å². The van der Waals surface area contributed by atoms with E-state index in [9.17, 15) is 4.79 Å². The zero-order valence-corrected chi connectivity index (χ0v) is 12.4. The number of para-hydroxylation sites is 1. The summed E-state index contributed by atoms with van der Waals surface area (Å²) in [5.74, 6) is -0.975. The number of carbonyl (C=O) groups is 1. The lowest BCUT2D eigenvalue weighted by atomic mass is 10.0. The largest absolute Gasteiger partial charge is 0.478 e. The lowest BCUT2D eigenvalue weighted by Crippen LogP contribution is -1.96. The molecule has 112 valence electrons. The predicted molar refractivity (Wildman–Crippen MR) is 92.5 cm³/mol. The summed E-state index contributed by atoms with van der Waals surface area (Å²) in [5, 5.41) is 9.15. The van der Waals surface area contributed by atoms with Crippen LogP contribution in [0.2, 0.25) is 0 Å². The van der Waals surface area contributed by atoms with Crippen LogP contribution in [0.4, 0.5) is 5.69 Å². The van der Waals surface area contributed by atoms with Gasteiger partial charge >= 0.3 is 5.97 Å². The molecule has 0 radical (unpaired) electrons. The van der Waals surface area contributed by atoms with Crippen molar-refractivity contribution in [1.29, 1.82) is 0 Å². The second-order valence-corrected chi connectivity index (χ2v) is 5.07. The fourth-order valence-corrected chi connectivity index (χ4v) is 2.30. The van der Waals surface area contributed by atoms with Gasteiger partial charge in [-0.1, -0.05) is 66.7 Å². The third kappa shape index (κ3) is 3.52. The van der Waals surface area contributed by atoms with E-state index in [1.54, 1.807) is 30.5 Å². The molecule has 0 fully saturated rings. The molecule has 0 bridgehead atoms. The first-order valence-electron chi connectivity index (χ1n) is 7.26. The SMILES string of the molecule is O=C(O)c1ccccc1/N=C/c1ccc(-c2ccccc2)cc1. The monoisotopic (exact) mass is 301 g/mol. The maximum Gasteiger partial charge on any atom is 0.337 e. The highest BCUT2D eigenvalue weighted by molar-refractivity contribution is 5.95. The maximum atomic E-state index is 11.2. The number of aliphatic imine (C=N–C) groups is 1. The first-order chi connectivity index (χ1) is 11.2. The fourth-order valence-electron chi connectivity index (χ4n) is 2.30. The van der Waals surface area contributed by atoms with Crippen LogP contribution in [0, 0.1) is 0 Å². The smallest absolute Gasteiger partial charge is 0.337 e. The van der Waals surface area contributed by atoms with E-state index < -0.39 is 5.97 Å². The van der Waals surface area contributed by atoms with Gasteiger partial charge in [-0.3, -0.25) is 4.99 Å². The van der Waals surface area contributed by atoms with Crippen molar-refractivity contribution < 1.29 is 9.90 Å². The first kappa shape index (κ1) is 14.7. The van der Waals surface area contributed by atoms with E-state index in [1.165, 1.54) is 0 Å². The van der Waals surface area contributed by atoms with E-state index in [4.69, 9.17) is 5.11 Å². The Morgan fingerprint density at radius 2 is 1.39 bits per heavy atom. The summed E-state index contributed by atoms with van der Waals surface area (Å²) in [6, 6.07) is 24.8. The number of nitrogens with zero attached hydrogens (tertiary/aromatic N) is 1. The summed E-state index contributed by atoms with van der Waals surface area (Å²) in [6.45, 7) is 0. The van der Waals surface area contributed by atoms with Gasteiger partial charge in [-0.2, -0.15) is 0 Å². The van der Waals surface area contributed by atoms with Gasteiger partial charge in [-0.05, 0) is 28.8 Å². The predicted octanol–water partition coefficient (Wildman–Crippen LogP) is 4.80. The van der Waals surface area contributed by atoms with Crippen LogP contribution < -0.4 is 0 Å². The molecule has 0 saturated carbocycles. The number of hydrogen-bond donors (Lipinski definition) is 1. The molecule has 0 atom stereocenters. The van der Waals surface area contributed by atoms with Crippen LogP contribution in [0.1, 0.15) is 15.9 Å². The van der Waals surface area contributed by atoms with Gasteiger partial charge < -0.3 is 5.11 Å². The average Bonchev–Trinajstić information content (AvgIpc) is 2.61. The van der Waals surface area contributed by atoms with Gasteiger partial charge in [0.15, 0.2) is 0 Å². The zero-order valence-electron chi connectivity index (χ0n) is 12.4. The Balaban J connectivity index is 1.83. The van der Waals surface area contributed by atoms with E-state index >= 15 is 0 Å². The third-order valence-corrected chi connectivity index (χ3v) is 3.50. The van der Waals surface area contributed by atoms with Gasteiger partial charge in [0.25, 0.3) is 0 Å². The van der Waals surface area contributed by atoms with Crippen molar-refractivity contribution in [3.63, 3.8) is 0 Å². The molecule has 0 heterocycles. The summed E-state index contributed by atoms with van der Waals surface area (Å²) < 4.78 is 0. The van der Waals surface area contributed by atoms with Crippen molar-refractivity contribution in [3.8, 4) is 11.1 Å². The molecule has 0 aliphatic heterocycles. The highest BCUT2D eigenvalue weighted by Gasteiger charge is 2.07. The van der Waals surface area contributed by atoms with E-state index in [2.05, 4.69) is 17.1 Å². The molecule has 23 heavy (non-hydrogen) atoms. The minimum Gasteiger partial charge on any atom is -0.478 e. The number of benzene rings is 3. The van der Waals surface area contributed by atoms with Gasteiger partial charge in [0, 0.05) is 6.21 Å². The van der Waals surface area contributed by atoms with Gasteiger partial charge in [0.2, 0.25) is 0 Å². The molecule has 3 aromatic rings. The topological polar surface area (TPSA) is 49.7 Å². The molecule has 3 heteroatoms. The molecular formula is C20H15NO2. The van der Waals surface area contributed by atoms with Gasteiger partial charge in [0.1, 0.15) is 0 Å². The first-order valence-corrected chi connectivity index (χ1v) is 7.26. The van der Waals surface area contributed by atoms with Crippen molar-refractivity contribution >= 4 is 17.9 Å². The molecule has 0 amide bonds. The Morgan fingerprint density at radius 3 is 2.09 bits per heavy atom. The van der Waals surface area contributed by atoms with E-state index in [0.717, 1.165) is 16.7 Å². The summed E-state index contributed by atoms with van der Waals surface area (Å²) in [5.41, 5.74) is 3.86. The Hall–Kier alpha value is -3.20. The van der Waals surface area contributed by atoms with Gasteiger partial charge in [-0.25, -0.2) is 4.79 Å². The lowest BCUT2D eigenvalue weighted by Gasteiger charge is -2.02. The summed E-state index contributed by atoms with van der Waals surface area (Å²) in [4.78, 5) is 15.5. The minimum absolute atomic E-state index is 0.199. The zero-order chi connectivity index (χ0) is 16.1. The van der Waals surface area contributed by atoms with E-state index in [1.807, 2.05) is 42.5 Å². The Labute approximate surface area is 134 Å². The van der Waals surface area contributed by atoms with Crippen LogP contribution >= 0.6 is 0 Å². The maximum absolute atomic E-state index is 11.2. The Morgan fingerprint density at radius 1 is 0.783 bits per heavy atom. The molecule has 0 aliphatic rings. The van der Waals surface area contributed by atoms with Crippen LogP contribution in [-0.2, 0) is 0 Å². The van der Waals surface area contributed by atoms with Crippen LogP contribution in [0.15, 0.2) is 83.9 Å². The van der Waals surface area contributed by atoms with E-state index in [-0.39, 0.29) is 5.56 Å². The summed E-state index contributed by atoms with van der Waals surface area (Å²) in [7, 11) is 0. The van der Waals surface area contributed by atoms with Crippen molar-refractivity contribution in [3.05, 3.63) is 90.0 Å². The highest BCUT2D eigenvalue weighted by atomic mass is 16.4. The lowest BCUT2D eigenvalue weighted by molar-refractivity contribution is 0.0698. The quantitative estimate of drug-likeness (QED) is 0.703. The van der Waals surface area contributed by atoms with Crippen LogP contribution in [0.3, 0.4) is 0 Å². The van der Waals surface area contributed by atoms with E-state index in [0.29, 0.717) is 5.69 Å². The van der Waals surface area contributed by atoms with Crippen molar-refractivity contribution in [1.82, 2.24) is 0 Å². The summed E-state index contributed by atoms with van der Waals surface area (Å²) in [6.07, 6.45) is 1.68. The van der Waals surface area contributed by atoms with Gasteiger partial charge in [0.05, 0.1) is 11.3 Å². The highest BCUT2D eigenvalue weighted by Crippen LogP contribution is 2.20. The number of rotatable bonds is 4. The number of carboxylic acids is 1. The second kappa shape index (κ2) is 6.71. The Bertz CT molecular complexity index is 837. The molecule has 0 unspecified atom stereocenters. The van der Waals surface area contributed by atoms with Crippen molar-refractivity contribution in [2.75, 3.05) is 0 Å². The van der Waals surface area contributed by atoms with Crippen molar-refractivity contribution in [2.24, 2.45) is 4.99 Å². The van der Waals surface area contributed by atoms with Crippen LogP contribution in [-0.4, -0.2) is 17.3 Å².